The van der Waals surface area contributed by atoms with Gasteiger partial charge in [-0.3, -0.25) is 0 Å². The molecule has 1 heterocycles. The average molecular weight is 224 g/mol. The molecule has 0 aliphatic carbocycles. The minimum atomic E-state index is -1.37. The molecule has 0 aromatic heterocycles. The van der Waals surface area contributed by atoms with Gasteiger partial charge in [-0.2, -0.15) is 0 Å². The van der Waals surface area contributed by atoms with Crippen LogP contribution < -0.4 is 5.32 Å². The van der Waals surface area contributed by atoms with Gasteiger partial charge in [-0.15, -0.1) is 12.4 Å². The highest BCUT2D eigenvalue weighted by molar-refractivity contribution is 5.85. The predicted octanol–water partition coefficient (Wildman–Crippen LogP) is 2.21. The van der Waals surface area contributed by atoms with Gasteiger partial charge in [0.05, 0.1) is 0 Å². The van der Waals surface area contributed by atoms with Gasteiger partial charge >= 0.3 is 0 Å². The lowest BCUT2D eigenvalue weighted by molar-refractivity contribution is 0.400. The van der Waals surface area contributed by atoms with Crippen LogP contribution in [0.2, 0.25) is 0 Å². The highest BCUT2D eigenvalue weighted by atomic mass is 35.5. The third kappa shape index (κ3) is 1.72. The first-order valence-electron chi connectivity index (χ1n) is 4.04. The molecule has 1 nitrogen and oxygen atoms in total. The first-order chi connectivity index (χ1) is 6.20. The van der Waals surface area contributed by atoms with E-state index in [-0.39, 0.29) is 23.9 Å². The van der Waals surface area contributed by atoms with Gasteiger partial charge in [0.1, 0.15) is 0 Å². The van der Waals surface area contributed by atoms with Gasteiger partial charge in [-0.05, 0) is 11.6 Å². The summed E-state index contributed by atoms with van der Waals surface area (Å²) in [7, 11) is 0. The minimum absolute atomic E-state index is 0. The molecule has 0 bridgehead atoms. The Morgan fingerprint density at radius 2 is 1.71 bits per heavy atom. The van der Waals surface area contributed by atoms with Gasteiger partial charge in [-0.25, -0.2) is 13.2 Å². The van der Waals surface area contributed by atoms with E-state index in [1.165, 1.54) is 6.07 Å². The average Bonchev–Trinajstić information content (AvgIpc) is 2.03. The van der Waals surface area contributed by atoms with Crippen molar-refractivity contribution in [3.05, 3.63) is 35.1 Å². The Morgan fingerprint density at radius 1 is 1.07 bits per heavy atom. The third-order valence-corrected chi connectivity index (χ3v) is 2.29. The maximum absolute atomic E-state index is 13.1. The molecule has 1 saturated heterocycles. The highest BCUT2D eigenvalue weighted by Crippen LogP contribution is 2.25. The zero-order chi connectivity index (χ0) is 9.42. The van der Waals surface area contributed by atoms with E-state index in [0.29, 0.717) is 13.1 Å². The molecule has 1 aromatic carbocycles. The lowest BCUT2D eigenvalue weighted by Gasteiger charge is -2.27. The second kappa shape index (κ2) is 4.19. The monoisotopic (exact) mass is 223 g/mol. The molecule has 0 spiro atoms. The van der Waals surface area contributed by atoms with Crippen LogP contribution in [0, 0.1) is 17.5 Å². The summed E-state index contributed by atoms with van der Waals surface area (Å²) in [6, 6.07) is 2.27. The van der Waals surface area contributed by atoms with E-state index >= 15 is 0 Å². The number of benzene rings is 1. The molecule has 0 unspecified atom stereocenters. The van der Waals surface area contributed by atoms with Crippen molar-refractivity contribution in [3.8, 4) is 0 Å². The molecule has 78 valence electrons. The predicted molar refractivity (Wildman–Crippen MR) is 49.2 cm³/mol. The van der Waals surface area contributed by atoms with Crippen LogP contribution in [0.5, 0.6) is 0 Å². The summed E-state index contributed by atoms with van der Waals surface area (Å²) in [6.45, 7) is 1.25. The fourth-order valence-electron chi connectivity index (χ4n) is 1.36. The molecule has 2 rings (SSSR count). The SMILES string of the molecule is Cl.Fc1ccc(C2CNC2)c(F)c1F. The van der Waals surface area contributed by atoms with Crippen LogP contribution in [0.3, 0.4) is 0 Å². The number of halogens is 4. The largest absolute Gasteiger partial charge is 0.315 e. The van der Waals surface area contributed by atoms with E-state index in [1.54, 1.807) is 0 Å². The van der Waals surface area contributed by atoms with E-state index in [0.717, 1.165) is 6.07 Å². The molecular weight excluding hydrogens is 215 g/mol. The van der Waals surface area contributed by atoms with Crippen molar-refractivity contribution in [1.82, 2.24) is 5.32 Å². The third-order valence-electron chi connectivity index (χ3n) is 2.29. The first-order valence-corrected chi connectivity index (χ1v) is 4.04. The van der Waals surface area contributed by atoms with E-state index in [2.05, 4.69) is 5.32 Å². The fourth-order valence-corrected chi connectivity index (χ4v) is 1.36. The van der Waals surface area contributed by atoms with E-state index in [4.69, 9.17) is 0 Å². The smallest absolute Gasteiger partial charge is 0.194 e. The Bertz CT molecular complexity index is 339. The molecule has 1 N–H and O–H groups in total. The van der Waals surface area contributed by atoms with Crippen LogP contribution in [0.15, 0.2) is 12.1 Å². The molecule has 0 radical (unpaired) electrons. The number of hydrogen-bond acceptors (Lipinski definition) is 1. The Balaban J connectivity index is 0.000000980. The quantitative estimate of drug-likeness (QED) is 0.720. The number of rotatable bonds is 1. The topological polar surface area (TPSA) is 12.0 Å². The molecule has 14 heavy (non-hydrogen) atoms. The van der Waals surface area contributed by atoms with Crippen molar-refractivity contribution < 1.29 is 13.2 Å². The van der Waals surface area contributed by atoms with Crippen molar-refractivity contribution in [3.63, 3.8) is 0 Å². The first kappa shape index (κ1) is 11.3. The van der Waals surface area contributed by atoms with E-state index < -0.39 is 17.5 Å². The maximum Gasteiger partial charge on any atom is 0.194 e. The Labute approximate surface area is 85.7 Å². The molecule has 1 aromatic rings. The molecule has 0 amide bonds. The van der Waals surface area contributed by atoms with Crippen molar-refractivity contribution in [2.45, 2.75) is 5.92 Å². The van der Waals surface area contributed by atoms with Crippen molar-refractivity contribution in [2.24, 2.45) is 0 Å². The molecule has 1 aliphatic heterocycles. The van der Waals surface area contributed by atoms with Gasteiger partial charge in [0.15, 0.2) is 17.5 Å². The number of nitrogens with one attached hydrogen (secondary N) is 1. The lowest BCUT2D eigenvalue weighted by Crippen LogP contribution is -2.40. The summed E-state index contributed by atoms with van der Waals surface area (Å²) in [5.74, 6) is -3.57. The normalized spacial score (nSPS) is 15.9. The zero-order valence-electron chi connectivity index (χ0n) is 7.19. The summed E-state index contributed by atoms with van der Waals surface area (Å²) >= 11 is 0. The van der Waals surface area contributed by atoms with Crippen LogP contribution in [-0.2, 0) is 0 Å². The van der Waals surface area contributed by atoms with Crippen LogP contribution in [0.1, 0.15) is 11.5 Å². The van der Waals surface area contributed by atoms with Crippen LogP contribution in [-0.4, -0.2) is 13.1 Å². The summed E-state index contributed by atoms with van der Waals surface area (Å²) in [5.41, 5.74) is 0.262. The highest BCUT2D eigenvalue weighted by Gasteiger charge is 2.24. The molecule has 1 aliphatic rings. The maximum atomic E-state index is 13.1. The number of hydrogen-bond donors (Lipinski definition) is 1. The summed E-state index contributed by atoms with van der Waals surface area (Å²) in [6.07, 6.45) is 0. The van der Waals surface area contributed by atoms with Gasteiger partial charge in [-0.1, -0.05) is 6.07 Å². The molecule has 0 atom stereocenters. The molecule has 5 heteroatoms. The van der Waals surface area contributed by atoms with Gasteiger partial charge in [0.25, 0.3) is 0 Å². The van der Waals surface area contributed by atoms with Crippen LogP contribution in [0.25, 0.3) is 0 Å². The van der Waals surface area contributed by atoms with Gasteiger partial charge in [0.2, 0.25) is 0 Å². The van der Waals surface area contributed by atoms with Gasteiger partial charge < -0.3 is 5.32 Å². The second-order valence-electron chi connectivity index (χ2n) is 3.12. The second-order valence-corrected chi connectivity index (χ2v) is 3.12. The van der Waals surface area contributed by atoms with Crippen molar-refractivity contribution in [2.75, 3.05) is 13.1 Å². The summed E-state index contributed by atoms with van der Waals surface area (Å²) in [4.78, 5) is 0. The summed E-state index contributed by atoms with van der Waals surface area (Å²) in [5, 5.41) is 2.94. The Morgan fingerprint density at radius 3 is 2.21 bits per heavy atom. The van der Waals surface area contributed by atoms with Crippen molar-refractivity contribution >= 4 is 12.4 Å². The Hall–Kier alpha value is -0.740. The molecule has 0 saturated carbocycles. The van der Waals surface area contributed by atoms with Gasteiger partial charge in [0, 0.05) is 19.0 Å². The molecular formula is C9H9ClF3N. The zero-order valence-corrected chi connectivity index (χ0v) is 8.00. The molecule has 1 fully saturated rings. The standard InChI is InChI=1S/C9H8F3N.ClH/c10-7-2-1-6(5-3-13-4-5)8(11)9(7)12;/h1-2,5,13H,3-4H2;1H. The van der Waals surface area contributed by atoms with E-state index in [9.17, 15) is 13.2 Å². The van der Waals surface area contributed by atoms with Crippen LogP contribution >= 0.6 is 12.4 Å². The van der Waals surface area contributed by atoms with Crippen LogP contribution in [0.4, 0.5) is 13.2 Å². The van der Waals surface area contributed by atoms with Crippen molar-refractivity contribution in [1.29, 1.82) is 0 Å². The Kier molecular flexibility index (Phi) is 3.39. The minimum Gasteiger partial charge on any atom is -0.315 e. The summed E-state index contributed by atoms with van der Waals surface area (Å²) < 4.78 is 38.3. The van der Waals surface area contributed by atoms with E-state index in [1.807, 2.05) is 0 Å². The lowest BCUT2D eigenvalue weighted by atomic mass is 9.93. The fraction of sp³-hybridized carbons (Fsp3) is 0.333.